The molecule has 0 aromatic heterocycles. The number of amides is 2. The summed E-state index contributed by atoms with van der Waals surface area (Å²) in [6.45, 7) is 3.73. The van der Waals surface area contributed by atoms with Crippen molar-refractivity contribution >= 4 is 17.4 Å². The smallest absolute Gasteiger partial charge is 0.322 e. The first-order valence-electron chi connectivity index (χ1n) is 7.81. The Balaban J connectivity index is 2.12. The maximum absolute atomic E-state index is 12.6. The van der Waals surface area contributed by atoms with Gasteiger partial charge in [-0.15, -0.1) is 0 Å². The fraction of sp³-hybridized carbons (Fsp3) is 0.278. The van der Waals surface area contributed by atoms with Gasteiger partial charge in [-0.05, 0) is 31.5 Å². The Kier molecular flexibility index (Phi) is 5.71. The van der Waals surface area contributed by atoms with Crippen LogP contribution in [0.3, 0.4) is 0 Å². The van der Waals surface area contributed by atoms with Gasteiger partial charge in [0.1, 0.15) is 0 Å². The molecule has 2 aromatic rings. The molecule has 0 atom stereocenters. The van der Waals surface area contributed by atoms with Crippen molar-refractivity contribution in [1.29, 1.82) is 0 Å². The Morgan fingerprint density at radius 1 is 1.16 bits per heavy atom. The van der Waals surface area contributed by atoms with Crippen molar-refractivity contribution in [2.75, 3.05) is 11.9 Å². The van der Waals surface area contributed by atoms with E-state index >= 15 is 0 Å². The number of rotatable bonds is 6. The molecule has 0 radical (unpaired) electrons. The van der Waals surface area contributed by atoms with Crippen molar-refractivity contribution in [1.82, 2.24) is 4.90 Å². The van der Waals surface area contributed by atoms with Gasteiger partial charge in [0.25, 0.3) is 5.69 Å². The van der Waals surface area contributed by atoms with Gasteiger partial charge in [0.15, 0.2) is 0 Å². The van der Waals surface area contributed by atoms with Gasteiger partial charge in [-0.3, -0.25) is 10.1 Å². The molecule has 2 amide bonds. The summed E-state index contributed by atoms with van der Waals surface area (Å²) in [5.74, 6) is 0. The van der Waals surface area contributed by atoms with Crippen LogP contribution in [0.15, 0.2) is 54.6 Å². The molecule has 0 spiro atoms. The quantitative estimate of drug-likeness (QED) is 0.620. The summed E-state index contributed by atoms with van der Waals surface area (Å²) < 4.78 is 0. The lowest BCUT2D eigenvalue weighted by Crippen LogP contribution is -2.43. The number of hydrogen-bond acceptors (Lipinski definition) is 4. The van der Waals surface area contributed by atoms with E-state index in [2.05, 4.69) is 5.32 Å². The summed E-state index contributed by atoms with van der Waals surface area (Å²) >= 11 is 0. The molecule has 2 aromatic carbocycles. The van der Waals surface area contributed by atoms with E-state index in [0.717, 1.165) is 5.56 Å². The zero-order chi connectivity index (χ0) is 18.4. The Hall–Kier alpha value is -2.93. The number of nitro groups is 1. The first-order chi connectivity index (χ1) is 11.7. The third-order valence-corrected chi connectivity index (χ3v) is 3.41. The summed E-state index contributed by atoms with van der Waals surface area (Å²) in [5, 5.41) is 23.5. The number of non-ortho nitro benzene ring substituents is 1. The fourth-order valence-corrected chi connectivity index (χ4v) is 2.34. The molecule has 2 N–H and O–H groups in total. The predicted octanol–water partition coefficient (Wildman–Crippen LogP) is 3.40. The lowest BCUT2D eigenvalue weighted by Gasteiger charge is -2.29. The summed E-state index contributed by atoms with van der Waals surface area (Å²) in [4.78, 5) is 24.3. The van der Waals surface area contributed by atoms with E-state index in [9.17, 15) is 20.0 Å². The predicted molar refractivity (Wildman–Crippen MR) is 95.3 cm³/mol. The number of carbonyl (C=O) groups excluding carboxylic acids is 1. The van der Waals surface area contributed by atoms with Crippen LogP contribution in [0.25, 0.3) is 0 Å². The van der Waals surface area contributed by atoms with Gasteiger partial charge in [-0.2, -0.15) is 0 Å². The highest BCUT2D eigenvalue weighted by Crippen LogP contribution is 2.17. The summed E-state index contributed by atoms with van der Waals surface area (Å²) in [6, 6.07) is 14.7. The van der Waals surface area contributed by atoms with E-state index < -0.39 is 10.5 Å². The second-order valence-corrected chi connectivity index (χ2v) is 6.39. The van der Waals surface area contributed by atoms with Crippen LogP contribution in [0.4, 0.5) is 16.2 Å². The minimum Gasteiger partial charge on any atom is -0.389 e. The van der Waals surface area contributed by atoms with E-state index in [1.807, 2.05) is 30.3 Å². The number of hydrogen-bond donors (Lipinski definition) is 2. The van der Waals surface area contributed by atoms with Crippen molar-refractivity contribution in [3.63, 3.8) is 0 Å². The van der Waals surface area contributed by atoms with Crippen molar-refractivity contribution in [2.24, 2.45) is 0 Å². The van der Waals surface area contributed by atoms with Crippen molar-refractivity contribution < 1.29 is 14.8 Å². The highest BCUT2D eigenvalue weighted by molar-refractivity contribution is 5.89. The number of benzene rings is 2. The second kappa shape index (κ2) is 7.76. The van der Waals surface area contributed by atoms with Crippen molar-refractivity contribution in [2.45, 2.75) is 26.0 Å². The van der Waals surface area contributed by atoms with Crippen LogP contribution < -0.4 is 5.32 Å². The average molecular weight is 343 g/mol. The first-order valence-corrected chi connectivity index (χ1v) is 7.81. The monoisotopic (exact) mass is 343 g/mol. The number of nitrogens with zero attached hydrogens (tertiary/aromatic N) is 2. The molecule has 0 heterocycles. The minimum absolute atomic E-state index is 0.0457. The van der Waals surface area contributed by atoms with Crippen molar-refractivity contribution in [3.8, 4) is 0 Å². The molecule has 2 rings (SSSR count). The largest absolute Gasteiger partial charge is 0.389 e. The third kappa shape index (κ3) is 5.89. The number of urea groups is 1. The average Bonchev–Trinajstić information content (AvgIpc) is 2.54. The second-order valence-electron chi connectivity index (χ2n) is 6.39. The molecule has 0 unspecified atom stereocenters. The zero-order valence-electron chi connectivity index (χ0n) is 14.2. The molecule has 0 fully saturated rings. The highest BCUT2D eigenvalue weighted by atomic mass is 16.6. The number of nitro benzene ring substituents is 1. The van der Waals surface area contributed by atoms with Crippen LogP contribution in [-0.2, 0) is 6.54 Å². The number of anilines is 1. The normalized spacial score (nSPS) is 11.0. The fourth-order valence-electron chi connectivity index (χ4n) is 2.34. The van der Waals surface area contributed by atoms with Crippen molar-refractivity contribution in [3.05, 3.63) is 70.3 Å². The maximum atomic E-state index is 12.6. The van der Waals surface area contributed by atoms with Gasteiger partial charge >= 0.3 is 6.03 Å². The number of nitrogens with one attached hydrogen (secondary N) is 1. The molecule has 132 valence electrons. The van der Waals surface area contributed by atoms with Gasteiger partial charge in [0.2, 0.25) is 0 Å². The molecule has 0 aliphatic heterocycles. The molecule has 0 aliphatic carbocycles. The lowest BCUT2D eigenvalue weighted by molar-refractivity contribution is -0.384. The Bertz CT molecular complexity index is 724. The van der Waals surface area contributed by atoms with Gasteiger partial charge in [-0.1, -0.05) is 30.3 Å². The topological polar surface area (TPSA) is 95.7 Å². The van der Waals surface area contributed by atoms with Crippen LogP contribution in [0.5, 0.6) is 0 Å². The van der Waals surface area contributed by atoms with Crippen LogP contribution >= 0.6 is 0 Å². The van der Waals surface area contributed by atoms with Gasteiger partial charge in [0, 0.05) is 24.4 Å². The number of carbonyl (C=O) groups is 1. The van der Waals surface area contributed by atoms with Crippen LogP contribution in [0, 0.1) is 10.1 Å². The van der Waals surface area contributed by atoms with Crippen LogP contribution in [-0.4, -0.2) is 33.1 Å². The highest BCUT2D eigenvalue weighted by Gasteiger charge is 2.23. The standard InChI is InChI=1S/C18H21N3O4/c1-18(2,23)13-20(12-14-6-4-3-5-7-14)17(22)19-15-8-10-16(11-9-15)21(24)25/h3-11,23H,12-13H2,1-2H3,(H,19,22). The molecule has 0 saturated heterocycles. The molecule has 0 aliphatic rings. The SMILES string of the molecule is CC(C)(O)CN(Cc1ccccc1)C(=O)Nc1ccc([N+](=O)[O-])cc1. The molecule has 0 saturated carbocycles. The Labute approximate surface area is 146 Å². The van der Waals surface area contributed by atoms with Gasteiger partial charge < -0.3 is 15.3 Å². The van der Waals surface area contributed by atoms with E-state index in [0.29, 0.717) is 12.2 Å². The van der Waals surface area contributed by atoms with E-state index in [-0.39, 0.29) is 18.3 Å². The number of aliphatic hydroxyl groups is 1. The molecule has 7 heteroatoms. The summed E-state index contributed by atoms with van der Waals surface area (Å²) in [7, 11) is 0. The zero-order valence-corrected chi connectivity index (χ0v) is 14.2. The first kappa shape index (κ1) is 18.4. The third-order valence-electron chi connectivity index (χ3n) is 3.41. The lowest BCUT2D eigenvalue weighted by atomic mass is 10.1. The van der Waals surface area contributed by atoms with Crippen LogP contribution in [0.2, 0.25) is 0 Å². The van der Waals surface area contributed by atoms with Crippen LogP contribution in [0.1, 0.15) is 19.4 Å². The van der Waals surface area contributed by atoms with Gasteiger partial charge in [0.05, 0.1) is 17.1 Å². The maximum Gasteiger partial charge on any atom is 0.322 e. The molecule has 7 nitrogen and oxygen atoms in total. The molecule has 0 bridgehead atoms. The summed E-state index contributed by atoms with van der Waals surface area (Å²) in [5.41, 5.74) is 0.285. The van der Waals surface area contributed by atoms with E-state index in [1.165, 1.54) is 29.2 Å². The minimum atomic E-state index is -1.05. The molecule has 25 heavy (non-hydrogen) atoms. The van der Waals surface area contributed by atoms with E-state index in [4.69, 9.17) is 0 Å². The molecular weight excluding hydrogens is 322 g/mol. The molecular formula is C18H21N3O4. The van der Waals surface area contributed by atoms with Gasteiger partial charge in [-0.25, -0.2) is 4.79 Å². The summed E-state index contributed by atoms with van der Waals surface area (Å²) in [6.07, 6.45) is 0. The Morgan fingerprint density at radius 2 is 1.76 bits per heavy atom. The Morgan fingerprint density at radius 3 is 2.28 bits per heavy atom. The van der Waals surface area contributed by atoms with E-state index in [1.54, 1.807) is 13.8 Å².